The molecule has 2 atom stereocenters. The van der Waals surface area contributed by atoms with Gasteiger partial charge in [0.25, 0.3) is 5.91 Å². The van der Waals surface area contributed by atoms with E-state index in [1.165, 1.54) is 0 Å². The van der Waals surface area contributed by atoms with Gasteiger partial charge in [-0.15, -0.1) is 0 Å². The number of aryl methyl sites for hydroxylation is 1. The molecule has 1 saturated heterocycles. The highest BCUT2D eigenvalue weighted by Gasteiger charge is 2.25. The van der Waals surface area contributed by atoms with E-state index in [4.69, 9.17) is 14.5 Å². The lowest BCUT2D eigenvalue weighted by Gasteiger charge is -2.26. The molecule has 1 aliphatic heterocycles. The van der Waals surface area contributed by atoms with Crippen molar-refractivity contribution in [3.05, 3.63) is 41.1 Å². The van der Waals surface area contributed by atoms with E-state index in [2.05, 4.69) is 12.2 Å². The average molecular weight is 340 g/mol. The first-order valence-electron chi connectivity index (χ1n) is 9.10. The molecule has 1 amide bonds. The Hall–Kier alpha value is -1.98. The number of aromatic nitrogens is 1. The number of pyridine rings is 1. The number of fused-ring (bicyclic) bond motifs is 2. The summed E-state index contributed by atoms with van der Waals surface area (Å²) in [5.41, 5.74) is 3.90. The molecule has 1 fully saturated rings. The van der Waals surface area contributed by atoms with E-state index < -0.39 is 0 Å². The van der Waals surface area contributed by atoms with Crippen LogP contribution in [-0.2, 0) is 22.3 Å². The molecule has 132 valence electrons. The minimum absolute atomic E-state index is 0.0295. The lowest BCUT2D eigenvalue weighted by atomic mass is 9.84. The Morgan fingerprint density at radius 3 is 3.04 bits per heavy atom. The third-order valence-corrected chi connectivity index (χ3v) is 5.11. The van der Waals surface area contributed by atoms with Crippen LogP contribution in [0.2, 0.25) is 0 Å². The van der Waals surface area contributed by atoms with Crippen LogP contribution in [0.15, 0.2) is 24.3 Å². The second-order valence-corrected chi connectivity index (χ2v) is 7.05. The van der Waals surface area contributed by atoms with Crippen LogP contribution < -0.4 is 5.32 Å². The van der Waals surface area contributed by atoms with Crippen molar-refractivity contribution in [3.63, 3.8) is 0 Å². The van der Waals surface area contributed by atoms with Gasteiger partial charge in [-0.3, -0.25) is 9.78 Å². The number of benzene rings is 1. The van der Waals surface area contributed by atoms with Crippen molar-refractivity contribution in [2.24, 2.45) is 5.92 Å². The predicted octanol–water partition coefficient (Wildman–Crippen LogP) is 2.50. The first-order valence-corrected chi connectivity index (χ1v) is 9.10. The van der Waals surface area contributed by atoms with E-state index in [0.717, 1.165) is 47.0 Å². The maximum Gasteiger partial charge on any atom is 0.252 e. The zero-order valence-corrected chi connectivity index (χ0v) is 14.6. The van der Waals surface area contributed by atoms with Crippen molar-refractivity contribution in [2.45, 2.75) is 32.3 Å². The maximum atomic E-state index is 13.0. The van der Waals surface area contributed by atoms with Crippen LogP contribution in [0, 0.1) is 5.92 Å². The molecule has 0 bridgehead atoms. The Kier molecular flexibility index (Phi) is 4.68. The summed E-state index contributed by atoms with van der Waals surface area (Å²) < 4.78 is 11.0. The molecule has 1 N–H and O–H groups in total. The summed E-state index contributed by atoms with van der Waals surface area (Å²) in [7, 11) is 0. The van der Waals surface area contributed by atoms with Crippen molar-refractivity contribution < 1.29 is 14.3 Å². The quantitative estimate of drug-likeness (QED) is 0.933. The fraction of sp³-hybridized carbons (Fsp3) is 0.500. The first-order chi connectivity index (χ1) is 12.2. The normalized spacial score (nSPS) is 23.2. The molecule has 0 radical (unpaired) electrons. The van der Waals surface area contributed by atoms with Crippen molar-refractivity contribution in [1.29, 1.82) is 0 Å². The van der Waals surface area contributed by atoms with Crippen molar-refractivity contribution in [1.82, 2.24) is 10.3 Å². The third-order valence-electron chi connectivity index (χ3n) is 5.11. The number of amides is 1. The topological polar surface area (TPSA) is 60.5 Å². The standard InChI is InChI=1S/C20H24N2O3/c1-13-6-7-18-16(10-13)19(15-4-2-3-5-17(15)22-18)20(23)21-11-14-12-24-8-9-25-14/h2-5,13-14H,6-12H2,1H3,(H,21,23)/t13-,14-/m0/s1. The molecule has 2 aliphatic rings. The van der Waals surface area contributed by atoms with E-state index in [9.17, 15) is 4.79 Å². The zero-order chi connectivity index (χ0) is 17.2. The summed E-state index contributed by atoms with van der Waals surface area (Å²) in [5, 5.41) is 3.99. The second-order valence-electron chi connectivity index (χ2n) is 7.05. The summed E-state index contributed by atoms with van der Waals surface area (Å²) in [4.78, 5) is 17.9. The third kappa shape index (κ3) is 3.39. The molecule has 1 aliphatic carbocycles. The van der Waals surface area contributed by atoms with Gasteiger partial charge in [-0.25, -0.2) is 0 Å². The summed E-state index contributed by atoms with van der Waals surface area (Å²) in [6, 6.07) is 7.93. The number of hydrogen-bond acceptors (Lipinski definition) is 4. The highest BCUT2D eigenvalue weighted by Crippen LogP contribution is 2.31. The predicted molar refractivity (Wildman–Crippen MR) is 95.8 cm³/mol. The smallest absolute Gasteiger partial charge is 0.252 e. The number of nitrogens with zero attached hydrogens (tertiary/aromatic N) is 1. The van der Waals surface area contributed by atoms with Gasteiger partial charge in [-0.1, -0.05) is 25.1 Å². The Balaban J connectivity index is 1.66. The highest BCUT2D eigenvalue weighted by molar-refractivity contribution is 6.07. The minimum Gasteiger partial charge on any atom is -0.376 e. The van der Waals surface area contributed by atoms with Crippen molar-refractivity contribution in [3.8, 4) is 0 Å². The van der Waals surface area contributed by atoms with E-state index in [-0.39, 0.29) is 12.0 Å². The summed E-state index contributed by atoms with van der Waals surface area (Å²) in [6.07, 6.45) is 2.92. The summed E-state index contributed by atoms with van der Waals surface area (Å²) >= 11 is 0. The molecule has 1 aromatic carbocycles. The lowest BCUT2D eigenvalue weighted by molar-refractivity contribution is -0.0855. The van der Waals surface area contributed by atoms with Crippen LogP contribution in [0.4, 0.5) is 0 Å². The van der Waals surface area contributed by atoms with E-state index in [1.54, 1.807) is 0 Å². The molecule has 0 spiro atoms. The molecule has 0 unspecified atom stereocenters. The van der Waals surface area contributed by atoms with Crippen molar-refractivity contribution in [2.75, 3.05) is 26.4 Å². The number of carbonyl (C=O) groups is 1. The maximum absolute atomic E-state index is 13.0. The zero-order valence-electron chi connectivity index (χ0n) is 14.6. The van der Waals surface area contributed by atoms with Gasteiger partial charge in [-0.05, 0) is 36.8 Å². The molecular formula is C20H24N2O3. The van der Waals surface area contributed by atoms with Crippen LogP contribution >= 0.6 is 0 Å². The van der Waals surface area contributed by atoms with E-state index >= 15 is 0 Å². The van der Waals surface area contributed by atoms with Crippen LogP contribution in [-0.4, -0.2) is 43.4 Å². The molecule has 5 nitrogen and oxygen atoms in total. The number of para-hydroxylation sites is 1. The second kappa shape index (κ2) is 7.10. The van der Waals surface area contributed by atoms with Gasteiger partial charge in [0.1, 0.15) is 0 Å². The van der Waals surface area contributed by atoms with Crippen LogP contribution in [0.5, 0.6) is 0 Å². The Bertz CT molecular complexity index is 784. The van der Waals surface area contributed by atoms with Gasteiger partial charge < -0.3 is 14.8 Å². The largest absolute Gasteiger partial charge is 0.376 e. The van der Waals surface area contributed by atoms with E-state index in [1.807, 2.05) is 24.3 Å². The number of ether oxygens (including phenoxy) is 2. The summed E-state index contributed by atoms with van der Waals surface area (Å²) in [6.45, 7) is 4.47. The molecule has 0 saturated carbocycles. The highest BCUT2D eigenvalue weighted by atomic mass is 16.6. The van der Waals surface area contributed by atoms with E-state index in [0.29, 0.717) is 32.3 Å². The molecule has 5 heteroatoms. The van der Waals surface area contributed by atoms with Gasteiger partial charge in [0, 0.05) is 17.6 Å². The van der Waals surface area contributed by atoms with Crippen LogP contribution in [0.1, 0.15) is 35.0 Å². The number of carbonyl (C=O) groups excluding carboxylic acids is 1. The molecular weight excluding hydrogens is 316 g/mol. The average Bonchev–Trinajstić information content (AvgIpc) is 2.65. The molecule has 2 heterocycles. The Morgan fingerprint density at radius 1 is 1.32 bits per heavy atom. The van der Waals surface area contributed by atoms with Gasteiger partial charge in [0.05, 0.1) is 37.0 Å². The number of rotatable bonds is 3. The monoisotopic (exact) mass is 340 g/mol. The molecule has 25 heavy (non-hydrogen) atoms. The molecule has 4 rings (SSSR count). The molecule has 1 aromatic heterocycles. The molecule has 2 aromatic rings. The Morgan fingerprint density at radius 2 is 2.20 bits per heavy atom. The van der Waals surface area contributed by atoms with Crippen LogP contribution in [0.25, 0.3) is 10.9 Å². The first kappa shape index (κ1) is 16.5. The van der Waals surface area contributed by atoms with Gasteiger partial charge in [0.15, 0.2) is 0 Å². The van der Waals surface area contributed by atoms with Gasteiger partial charge in [-0.2, -0.15) is 0 Å². The van der Waals surface area contributed by atoms with Gasteiger partial charge >= 0.3 is 0 Å². The van der Waals surface area contributed by atoms with Crippen LogP contribution in [0.3, 0.4) is 0 Å². The lowest BCUT2D eigenvalue weighted by Crippen LogP contribution is -2.40. The van der Waals surface area contributed by atoms with Gasteiger partial charge in [0.2, 0.25) is 0 Å². The fourth-order valence-electron chi connectivity index (χ4n) is 3.77. The fourth-order valence-corrected chi connectivity index (χ4v) is 3.77. The summed E-state index contributed by atoms with van der Waals surface area (Å²) in [5.74, 6) is 0.551. The van der Waals surface area contributed by atoms with Crippen molar-refractivity contribution >= 4 is 16.8 Å². The SMILES string of the molecule is C[C@H]1CCc2nc3ccccc3c(C(=O)NC[C@H]3COCCO3)c2C1. The number of hydrogen-bond donors (Lipinski definition) is 1. The number of nitrogens with one attached hydrogen (secondary N) is 1. The minimum atomic E-state index is -0.0689. The Labute approximate surface area is 147 Å².